The predicted molar refractivity (Wildman–Crippen MR) is 95.4 cm³/mol. The number of rotatable bonds is 2. The molecule has 154 valence electrons. The van der Waals surface area contributed by atoms with Crippen LogP contribution in [0.5, 0.6) is 0 Å². The number of halogens is 3. The van der Waals surface area contributed by atoms with Crippen molar-refractivity contribution in [3.8, 4) is 0 Å². The Morgan fingerprint density at radius 3 is 2.57 bits per heavy atom. The van der Waals surface area contributed by atoms with Gasteiger partial charge in [-0.1, -0.05) is 12.1 Å². The van der Waals surface area contributed by atoms with E-state index >= 15 is 0 Å². The quantitative estimate of drug-likeness (QED) is 0.802. The standard InChI is InChI=1S/C17H22N2O2.C2HF3O2/c1-2-21-16(20)19-12-4-8-17(19)9-6-14(7-10-17)15-5-3-11-18-13-15;3-2(4,5)1(6)7/h3,5-6,11,13H,2,4,7-10,12H2,1H3;(H,6,7). The highest BCUT2D eigenvalue weighted by atomic mass is 19.4. The highest BCUT2D eigenvalue weighted by Crippen LogP contribution is 2.43. The molecule has 1 saturated heterocycles. The topological polar surface area (TPSA) is 79.7 Å². The Kier molecular flexibility index (Phi) is 7.04. The number of carboxylic acids is 1. The number of aromatic nitrogens is 1. The summed E-state index contributed by atoms with van der Waals surface area (Å²) in [5, 5.41) is 7.12. The molecule has 2 heterocycles. The zero-order valence-corrected chi connectivity index (χ0v) is 15.5. The Bertz CT molecular complexity index is 722. The third kappa shape index (κ3) is 5.24. The summed E-state index contributed by atoms with van der Waals surface area (Å²) in [4.78, 5) is 27.2. The first-order valence-electron chi connectivity index (χ1n) is 9.03. The van der Waals surface area contributed by atoms with Crippen LogP contribution in [0.15, 0.2) is 30.6 Å². The molecule has 1 N–H and O–H groups in total. The van der Waals surface area contributed by atoms with Crippen LogP contribution in [0.25, 0.3) is 5.57 Å². The SMILES string of the molecule is CCOC(=O)N1CCCC12CC=C(c1cccnc1)CC2.O=C(O)C(F)(F)F. The molecule has 0 bridgehead atoms. The molecule has 6 nitrogen and oxygen atoms in total. The van der Waals surface area contributed by atoms with Gasteiger partial charge in [-0.05, 0) is 56.2 Å². The predicted octanol–water partition coefficient (Wildman–Crippen LogP) is 4.27. The first-order valence-corrected chi connectivity index (χ1v) is 9.03. The summed E-state index contributed by atoms with van der Waals surface area (Å²) in [7, 11) is 0. The van der Waals surface area contributed by atoms with Crippen LogP contribution in [-0.2, 0) is 9.53 Å². The molecule has 0 radical (unpaired) electrons. The number of aliphatic carboxylic acids is 1. The largest absolute Gasteiger partial charge is 0.490 e. The minimum Gasteiger partial charge on any atom is -0.475 e. The molecule has 1 aliphatic heterocycles. The highest BCUT2D eigenvalue weighted by Gasteiger charge is 2.44. The van der Waals surface area contributed by atoms with Crippen molar-refractivity contribution in [3.63, 3.8) is 0 Å². The van der Waals surface area contributed by atoms with Crippen LogP contribution in [0.2, 0.25) is 0 Å². The minimum absolute atomic E-state index is 0.0159. The van der Waals surface area contributed by atoms with Crippen molar-refractivity contribution in [3.05, 3.63) is 36.2 Å². The number of amides is 1. The zero-order valence-electron chi connectivity index (χ0n) is 15.5. The van der Waals surface area contributed by atoms with Gasteiger partial charge in [0.05, 0.1) is 12.1 Å². The van der Waals surface area contributed by atoms with Gasteiger partial charge in [0.15, 0.2) is 0 Å². The fraction of sp³-hybridized carbons (Fsp3) is 0.526. The van der Waals surface area contributed by atoms with E-state index in [0.717, 1.165) is 38.6 Å². The number of allylic oxidation sites excluding steroid dienone is 1. The maximum absolute atomic E-state index is 12.1. The van der Waals surface area contributed by atoms with E-state index in [4.69, 9.17) is 14.6 Å². The van der Waals surface area contributed by atoms with Crippen molar-refractivity contribution >= 4 is 17.6 Å². The molecule has 1 spiro atoms. The average molecular weight is 400 g/mol. The Hall–Kier alpha value is -2.58. The van der Waals surface area contributed by atoms with E-state index in [1.54, 1.807) is 6.20 Å². The maximum atomic E-state index is 12.1. The van der Waals surface area contributed by atoms with Gasteiger partial charge in [0.2, 0.25) is 0 Å². The van der Waals surface area contributed by atoms with Crippen molar-refractivity contribution in [2.45, 2.75) is 50.7 Å². The third-order valence-corrected chi connectivity index (χ3v) is 4.95. The number of carboxylic acid groups (broad SMARTS) is 1. The second-order valence-electron chi connectivity index (χ2n) is 6.66. The van der Waals surface area contributed by atoms with Gasteiger partial charge < -0.3 is 14.7 Å². The molecule has 3 rings (SSSR count). The van der Waals surface area contributed by atoms with Gasteiger partial charge in [0.1, 0.15) is 0 Å². The summed E-state index contributed by atoms with van der Waals surface area (Å²) < 4.78 is 37.0. The van der Waals surface area contributed by atoms with Crippen molar-refractivity contribution < 1.29 is 32.6 Å². The molecule has 1 unspecified atom stereocenters. The van der Waals surface area contributed by atoms with Crippen LogP contribution in [-0.4, -0.2) is 51.9 Å². The molecule has 0 saturated carbocycles. The van der Waals surface area contributed by atoms with E-state index in [1.165, 1.54) is 11.1 Å². The summed E-state index contributed by atoms with van der Waals surface area (Å²) in [6.07, 6.45) is 5.89. The summed E-state index contributed by atoms with van der Waals surface area (Å²) >= 11 is 0. The Labute approximate surface area is 161 Å². The maximum Gasteiger partial charge on any atom is 0.490 e. The van der Waals surface area contributed by atoms with Crippen LogP contribution < -0.4 is 0 Å². The Balaban J connectivity index is 0.000000345. The molecule has 2 aliphatic rings. The molecule has 1 fully saturated rings. The minimum atomic E-state index is -5.08. The molecule has 1 aromatic rings. The molecule has 1 aliphatic carbocycles. The van der Waals surface area contributed by atoms with Gasteiger partial charge in [0, 0.05) is 18.9 Å². The molecule has 1 amide bonds. The zero-order chi connectivity index (χ0) is 20.8. The summed E-state index contributed by atoms with van der Waals surface area (Å²) in [6, 6.07) is 4.08. The van der Waals surface area contributed by atoms with Crippen molar-refractivity contribution in [2.75, 3.05) is 13.2 Å². The number of alkyl halides is 3. The first kappa shape index (κ1) is 21.7. The molecule has 1 aromatic heterocycles. The van der Waals surface area contributed by atoms with Crippen LogP contribution >= 0.6 is 0 Å². The number of ether oxygens (including phenoxy) is 1. The van der Waals surface area contributed by atoms with Crippen LogP contribution in [0.3, 0.4) is 0 Å². The number of carbonyl (C=O) groups is 2. The number of carbonyl (C=O) groups excluding carboxylic acids is 1. The molecule has 9 heteroatoms. The van der Waals surface area contributed by atoms with Gasteiger partial charge in [-0.15, -0.1) is 0 Å². The lowest BCUT2D eigenvalue weighted by Crippen LogP contribution is -2.48. The van der Waals surface area contributed by atoms with E-state index in [-0.39, 0.29) is 11.6 Å². The summed E-state index contributed by atoms with van der Waals surface area (Å²) in [5.74, 6) is -2.76. The van der Waals surface area contributed by atoms with Crippen LogP contribution in [0.1, 0.15) is 44.6 Å². The van der Waals surface area contributed by atoms with Crippen molar-refractivity contribution in [1.82, 2.24) is 9.88 Å². The highest BCUT2D eigenvalue weighted by molar-refractivity contribution is 5.73. The lowest BCUT2D eigenvalue weighted by atomic mass is 9.79. The average Bonchev–Trinajstić information content (AvgIpc) is 3.06. The van der Waals surface area contributed by atoms with Crippen molar-refractivity contribution in [1.29, 1.82) is 0 Å². The fourth-order valence-corrected chi connectivity index (χ4v) is 3.60. The third-order valence-electron chi connectivity index (χ3n) is 4.95. The lowest BCUT2D eigenvalue weighted by molar-refractivity contribution is -0.192. The Morgan fingerprint density at radius 1 is 1.36 bits per heavy atom. The van der Waals surface area contributed by atoms with Crippen molar-refractivity contribution in [2.24, 2.45) is 0 Å². The number of hydrogen-bond donors (Lipinski definition) is 1. The number of nitrogens with zero attached hydrogens (tertiary/aromatic N) is 2. The van der Waals surface area contributed by atoms with Crippen LogP contribution in [0.4, 0.5) is 18.0 Å². The van der Waals surface area contributed by atoms with E-state index < -0.39 is 12.1 Å². The smallest absolute Gasteiger partial charge is 0.475 e. The normalized spacial score (nSPS) is 21.6. The molecule has 28 heavy (non-hydrogen) atoms. The summed E-state index contributed by atoms with van der Waals surface area (Å²) in [6.45, 7) is 3.14. The van der Waals surface area contributed by atoms with Gasteiger partial charge >= 0.3 is 18.2 Å². The van der Waals surface area contributed by atoms with Gasteiger partial charge in [-0.25, -0.2) is 9.59 Å². The number of likely N-dealkylation sites (tertiary alicyclic amines) is 1. The molecular weight excluding hydrogens is 377 g/mol. The van der Waals surface area contributed by atoms with Crippen LogP contribution in [0, 0.1) is 0 Å². The Morgan fingerprint density at radius 2 is 2.07 bits per heavy atom. The van der Waals surface area contributed by atoms with E-state index in [0.29, 0.717) is 6.61 Å². The van der Waals surface area contributed by atoms with E-state index in [2.05, 4.69) is 17.1 Å². The van der Waals surface area contributed by atoms with Gasteiger partial charge in [0.25, 0.3) is 0 Å². The summed E-state index contributed by atoms with van der Waals surface area (Å²) in [5.41, 5.74) is 2.54. The first-order chi connectivity index (χ1) is 13.2. The molecule has 0 aromatic carbocycles. The van der Waals surface area contributed by atoms with E-state index in [9.17, 15) is 18.0 Å². The number of hydrogen-bond acceptors (Lipinski definition) is 4. The molecule has 1 atom stereocenters. The second-order valence-corrected chi connectivity index (χ2v) is 6.66. The van der Waals surface area contributed by atoms with Gasteiger partial charge in [-0.2, -0.15) is 13.2 Å². The monoisotopic (exact) mass is 400 g/mol. The fourth-order valence-electron chi connectivity index (χ4n) is 3.60. The number of pyridine rings is 1. The lowest BCUT2D eigenvalue weighted by Gasteiger charge is -2.40. The van der Waals surface area contributed by atoms with E-state index in [1.807, 2.05) is 24.1 Å². The second kappa shape index (κ2) is 9.07. The van der Waals surface area contributed by atoms with Gasteiger partial charge in [-0.3, -0.25) is 4.98 Å². The molecular formula is C19H23F3N2O4.